The summed E-state index contributed by atoms with van der Waals surface area (Å²) in [6.45, 7) is 2.27. The molecular weight excluding hydrogens is 224 g/mol. The molecule has 2 heterocycles. The molecule has 92 valence electrons. The lowest BCUT2D eigenvalue weighted by Gasteiger charge is -2.20. The Morgan fingerprint density at radius 1 is 1.65 bits per heavy atom. The molecule has 1 N–H and O–H groups in total. The van der Waals surface area contributed by atoms with Crippen molar-refractivity contribution in [1.29, 1.82) is 0 Å². The number of aromatic nitrogens is 1. The van der Waals surface area contributed by atoms with Crippen molar-refractivity contribution in [3.8, 4) is 0 Å². The van der Waals surface area contributed by atoms with E-state index >= 15 is 0 Å². The molecule has 1 aromatic heterocycles. The summed E-state index contributed by atoms with van der Waals surface area (Å²) in [5.41, 5.74) is 0.712. The van der Waals surface area contributed by atoms with Crippen molar-refractivity contribution < 1.29 is 19.2 Å². The predicted octanol–water partition coefficient (Wildman–Crippen LogP) is 0.601. The topological polar surface area (TPSA) is 83.6 Å². The van der Waals surface area contributed by atoms with Gasteiger partial charge in [0, 0.05) is 12.6 Å². The van der Waals surface area contributed by atoms with E-state index in [0.29, 0.717) is 24.4 Å². The Labute approximate surface area is 98.2 Å². The van der Waals surface area contributed by atoms with Crippen LogP contribution in [-0.2, 0) is 16.0 Å². The number of aryl methyl sites for hydroxylation is 1. The van der Waals surface area contributed by atoms with Gasteiger partial charge in [-0.3, -0.25) is 4.79 Å². The summed E-state index contributed by atoms with van der Waals surface area (Å²) in [6.07, 6.45) is 1.33. The summed E-state index contributed by atoms with van der Waals surface area (Å²) in [4.78, 5) is 24.3. The van der Waals surface area contributed by atoms with Gasteiger partial charge in [0.05, 0.1) is 12.1 Å². The van der Waals surface area contributed by atoms with Crippen LogP contribution in [0.2, 0.25) is 0 Å². The fraction of sp³-hybridized carbons (Fsp3) is 0.545. The van der Waals surface area contributed by atoms with E-state index in [2.05, 4.69) is 5.16 Å². The molecule has 0 saturated carbocycles. The van der Waals surface area contributed by atoms with Gasteiger partial charge in [0.25, 0.3) is 0 Å². The average Bonchev–Trinajstić information content (AvgIpc) is 2.86. The van der Waals surface area contributed by atoms with Gasteiger partial charge in [-0.15, -0.1) is 0 Å². The Kier molecular flexibility index (Phi) is 3.12. The minimum absolute atomic E-state index is 0.0740. The lowest BCUT2D eigenvalue weighted by atomic mass is 10.2. The molecule has 0 bridgehead atoms. The smallest absolute Gasteiger partial charge is 0.326 e. The van der Waals surface area contributed by atoms with Crippen molar-refractivity contribution in [1.82, 2.24) is 10.1 Å². The van der Waals surface area contributed by atoms with Gasteiger partial charge >= 0.3 is 5.97 Å². The van der Waals surface area contributed by atoms with E-state index in [9.17, 15) is 9.59 Å². The number of hydrogen-bond donors (Lipinski definition) is 1. The van der Waals surface area contributed by atoms with Gasteiger partial charge in [0.1, 0.15) is 11.8 Å². The van der Waals surface area contributed by atoms with Gasteiger partial charge in [-0.1, -0.05) is 5.16 Å². The third-order valence-corrected chi connectivity index (χ3v) is 2.86. The second-order valence-electron chi connectivity index (χ2n) is 4.19. The summed E-state index contributed by atoms with van der Waals surface area (Å²) in [7, 11) is 0. The molecule has 1 fully saturated rings. The van der Waals surface area contributed by atoms with Gasteiger partial charge < -0.3 is 14.5 Å². The first kappa shape index (κ1) is 11.6. The molecule has 1 unspecified atom stereocenters. The Balaban J connectivity index is 2.02. The number of likely N-dealkylation sites (tertiary alicyclic amines) is 1. The average molecular weight is 238 g/mol. The Hall–Kier alpha value is -1.85. The second-order valence-corrected chi connectivity index (χ2v) is 4.19. The van der Waals surface area contributed by atoms with Crippen LogP contribution in [0.3, 0.4) is 0 Å². The summed E-state index contributed by atoms with van der Waals surface area (Å²) >= 11 is 0. The van der Waals surface area contributed by atoms with Gasteiger partial charge in [0.2, 0.25) is 5.91 Å². The van der Waals surface area contributed by atoms with E-state index in [1.54, 1.807) is 13.0 Å². The predicted molar refractivity (Wildman–Crippen MR) is 57.3 cm³/mol. The van der Waals surface area contributed by atoms with Crippen molar-refractivity contribution in [2.45, 2.75) is 32.2 Å². The van der Waals surface area contributed by atoms with Crippen molar-refractivity contribution in [2.75, 3.05) is 6.54 Å². The van der Waals surface area contributed by atoms with Gasteiger partial charge in [-0.25, -0.2) is 4.79 Å². The monoisotopic (exact) mass is 238 g/mol. The fourth-order valence-electron chi connectivity index (χ4n) is 2.07. The molecule has 1 saturated heterocycles. The molecule has 6 heteroatoms. The fourth-order valence-corrected chi connectivity index (χ4v) is 2.07. The lowest BCUT2D eigenvalue weighted by Crippen LogP contribution is -2.41. The number of carboxylic acids is 1. The lowest BCUT2D eigenvalue weighted by molar-refractivity contribution is -0.148. The quantitative estimate of drug-likeness (QED) is 0.833. The molecule has 0 aliphatic carbocycles. The molecule has 17 heavy (non-hydrogen) atoms. The Bertz CT molecular complexity index is 440. The largest absolute Gasteiger partial charge is 0.480 e. The molecule has 0 radical (unpaired) electrons. The summed E-state index contributed by atoms with van der Waals surface area (Å²) in [5, 5.41) is 12.7. The van der Waals surface area contributed by atoms with Crippen LogP contribution in [0.15, 0.2) is 10.6 Å². The molecule has 0 spiro atoms. The van der Waals surface area contributed by atoms with E-state index in [4.69, 9.17) is 9.63 Å². The van der Waals surface area contributed by atoms with Crippen molar-refractivity contribution in [3.05, 3.63) is 17.5 Å². The number of carboxylic acid groups (broad SMARTS) is 1. The second kappa shape index (κ2) is 4.57. The van der Waals surface area contributed by atoms with Crippen LogP contribution in [0.5, 0.6) is 0 Å². The number of rotatable bonds is 3. The number of hydrogen-bond acceptors (Lipinski definition) is 4. The van der Waals surface area contributed by atoms with Crippen LogP contribution in [0, 0.1) is 6.92 Å². The molecule has 1 aromatic rings. The Morgan fingerprint density at radius 2 is 2.41 bits per heavy atom. The minimum Gasteiger partial charge on any atom is -0.480 e. The summed E-state index contributed by atoms with van der Waals surface area (Å²) in [6, 6.07) is 0.996. The maximum absolute atomic E-state index is 11.9. The Morgan fingerprint density at radius 3 is 3.00 bits per heavy atom. The molecule has 2 rings (SSSR count). The maximum Gasteiger partial charge on any atom is 0.326 e. The van der Waals surface area contributed by atoms with Crippen LogP contribution in [0.25, 0.3) is 0 Å². The number of aliphatic carboxylic acids is 1. The zero-order valence-corrected chi connectivity index (χ0v) is 9.55. The van der Waals surface area contributed by atoms with E-state index in [-0.39, 0.29) is 12.3 Å². The normalized spacial score (nSPS) is 19.6. The summed E-state index contributed by atoms with van der Waals surface area (Å²) < 4.78 is 4.95. The molecule has 1 aliphatic heterocycles. The highest BCUT2D eigenvalue weighted by Crippen LogP contribution is 2.19. The van der Waals surface area contributed by atoms with E-state index < -0.39 is 12.0 Å². The van der Waals surface area contributed by atoms with Crippen LogP contribution < -0.4 is 0 Å². The molecular formula is C11H14N2O4. The standard InChI is InChI=1S/C11H14N2O4/c1-7-5-8(17-12-7)6-10(14)13-4-2-3-9(13)11(15)16/h5,9H,2-4,6H2,1H3,(H,15,16). The molecule has 1 atom stereocenters. The SMILES string of the molecule is Cc1cc(CC(=O)N2CCCC2C(=O)O)on1. The number of nitrogens with zero attached hydrogens (tertiary/aromatic N) is 2. The van der Waals surface area contributed by atoms with Gasteiger partial charge in [0.15, 0.2) is 0 Å². The van der Waals surface area contributed by atoms with Gasteiger partial charge in [-0.2, -0.15) is 0 Å². The highest BCUT2D eigenvalue weighted by molar-refractivity contribution is 5.85. The number of amides is 1. The first-order valence-electron chi connectivity index (χ1n) is 5.52. The molecule has 1 aliphatic rings. The maximum atomic E-state index is 11.9. The summed E-state index contributed by atoms with van der Waals surface area (Å²) in [5.74, 6) is -0.681. The first-order valence-corrected chi connectivity index (χ1v) is 5.52. The van der Waals surface area contributed by atoms with Crippen LogP contribution >= 0.6 is 0 Å². The van der Waals surface area contributed by atoms with Crippen molar-refractivity contribution in [3.63, 3.8) is 0 Å². The number of carbonyl (C=O) groups excluding carboxylic acids is 1. The molecule has 0 aromatic carbocycles. The third kappa shape index (κ3) is 2.46. The van der Waals surface area contributed by atoms with Crippen LogP contribution in [0.1, 0.15) is 24.3 Å². The highest BCUT2D eigenvalue weighted by Gasteiger charge is 2.34. The molecule has 1 amide bonds. The van der Waals surface area contributed by atoms with Crippen molar-refractivity contribution in [2.24, 2.45) is 0 Å². The van der Waals surface area contributed by atoms with Crippen LogP contribution in [-0.4, -0.2) is 39.6 Å². The van der Waals surface area contributed by atoms with E-state index in [1.165, 1.54) is 4.90 Å². The van der Waals surface area contributed by atoms with Gasteiger partial charge in [-0.05, 0) is 19.8 Å². The van der Waals surface area contributed by atoms with E-state index in [0.717, 1.165) is 6.42 Å². The van der Waals surface area contributed by atoms with E-state index in [1.807, 2.05) is 0 Å². The first-order chi connectivity index (χ1) is 8.08. The number of carbonyl (C=O) groups is 2. The highest BCUT2D eigenvalue weighted by atomic mass is 16.5. The minimum atomic E-state index is -0.940. The van der Waals surface area contributed by atoms with Crippen molar-refractivity contribution >= 4 is 11.9 Å². The zero-order chi connectivity index (χ0) is 12.4. The van der Waals surface area contributed by atoms with Crippen LogP contribution in [0.4, 0.5) is 0 Å². The third-order valence-electron chi connectivity index (χ3n) is 2.86. The molecule has 6 nitrogen and oxygen atoms in total. The zero-order valence-electron chi connectivity index (χ0n) is 9.55.